The van der Waals surface area contributed by atoms with Gasteiger partial charge >= 0.3 is 0 Å². The van der Waals surface area contributed by atoms with Gasteiger partial charge in [0.2, 0.25) is 5.91 Å². The molecule has 0 unspecified atom stereocenters. The van der Waals surface area contributed by atoms with Gasteiger partial charge in [0.1, 0.15) is 0 Å². The van der Waals surface area contributed by atoms with Crippen LogP contribution in [-0.4, -0.2) is 31.7 Å². The summed E-state index contributed by atoms with van der Waals surface area (Å²) in [5.41, 5.74) is 2.57. The third-order valence-electron chi connectivity index (χ3n) is 4.42. The number of carbonyl (C=O) groups excluding carboxylic acids is 2. The van der Waals surface area contributed by atoms with E-state index in [1.54, 1.807) is 41.1 Å². The number of thiazole rings is 1. The maximum absolute atomic E-state index is 13.1. The molecule has 9 heteroatoms. The second kappa shape index (κ2) is 10.1. The number of hydrogen-bond donors (Lipinski definition) is 1. The standard InChI is InChI=1S/C22H19N5O2S2/c28-20(11-18-15-31-22(25-18)26-21(29)19-4-2-10-30-19)27(13-16-5-8-23-9-6-16)14-17-3-1-7-24-12-17/h1-10,12,15H,11,13-14H2,(H,25,26,29). The average Bonchev–Trinajstić information content (AvgIpc) is 3.47. The highest BCUT2D eigenvalue weighted by Crippen LogP contribution is 2.19. The van der Waals surface area contributed by atoms with Gasteiger partial charge in [0.05, 0.1) is 17.0 Å². The number of hydrogen-bond acceptors (Lipinski definition) is 7. The lowest BCUT2D eigenvalue weighted by atomic mass is 10.2. The highest BCUT2D eigenvalue weighted by molar-refractivity contribution is 7.14. The molecule has 2 amide bonds. The van der Waals surface area contributed by atoms with Gasteiger partial charge in [-0.3, -0.25) is 24.9 Å². The van der Waals surface area contributed by atoms with Crippen molar-refractivity contribution in [3.63, 3.8) is 0 Å². The molecule has 0 bridgehead atoms. The van der Waals surface area contributed by atoms with Crippen molar-refractivity contribution in [1.82, 2.24) is 19.9 Å². The SMILES string of the molecule is O=C(Nc1nc(CC(=O)N(Cc2ccncc2)Cc2cccnc2)cs1)c1cccs1. The second-order valence-electron chi connectivity index (χ2n) is 6.72. The van der Waals surface area contributed by atoms with E-state index in [1.807, 2.05) is 35.7 Å². The molecule has 0 spiro atoms. The highest BCUT2D eigenvalue weighted by atomic mass is 32.1. The van der Waals surface area contributed by atoms with Crippen LogP contribution in [0.5, 0.6) is 0 Å². The van der Waals surface area contributed by atoms with Gasteiger partial charge in [0, 0.05) is 43.3 Å². The Morgan fingerprint density at radius 1 is 0.935 bits per heavy atom. The van der Waals surface area contributed by atoms with Gasteiger partial charge in [-0.05, 0) is 40.8 Å². The number of pyridine rings is 2. The van der Waals surface area contributed by atoms with E-state index >= 15 is 0 Å². The molecule has 1 N–H and O–H groups in total. The van der Waals surface area contributed by atoms with Gasteiger partial charge in [-0.2, -0.15) is 0 Å². The van der Waals surface area contributed by atoms with Crippen LogP contribution in [0.4, 0.5) is 5.13 Å². The van der Waals surface area contributed by atoms with Crippen molar-refractivity contribution in [1.29, 1.82) is 0 Å². The Balaban J connectivity index is 1.44. The largest absolute Gasteiger partial charge is 0.334 e. The van der Waals surface area contributed by atoms with Crippen molar-refractivity contribution in [3.05, 3.63) is 93.6 Å². The minimum absolute atomic E-state index is 0.0536. The molecule has 0 radical (unpaired) electrons. The molecule has 0 fully saturated rings. The molecule has 0 aliphatic heterocycles. The smallest absolute Gasteiger partial charge is 0.267 e. The van der Waals surface area contributed by atoms with Gasteiger partial charge in [0.25, 0.3) is 5.91 Å². The van der Waals surface area contributed by atoms with Crippen molar-refractivity contribution in [2.24, 2.45) is 0 Å². The van der Waals surface area contributed by atoms with Crippen molar-refractivity contribution in [2.75, 3.05) is 5.32 Å². The van der Waals surface area contributed by atoms with Crippen molar-refractivity contribution in [3.8, 4) is 0 Å². The highest BCUT2D eigenvalue weighted by Gasteiger charge is 2.18. The molecule has 7 nitrogen and oxygen atoms in total. The molecule has 31 heavy (non-hydrogen) atoms. The zero-order valence-electron chi connectivity index (χ0n) is 16.5. The summed E-state index contributed by atoms with van der Waals surface area (Å²) < 4.78 is 0. The molecule has 4 heterocycles. The fourth-order valence-electron chi connectivity index (χ4n) is 2.93. The van der Waals surface area contributed by atoms with E-state index in [1.165, 1.54) is 22.7 Å². The maximum Gasteiger partial charge on any atom is 0.267 e. The zero-order valence-corrected chi connectivity index (χ0v) is 18.1. The van der Waals surface area contributed by atoms with E-state index < -0.39 is 0 Å². The number of nitrogens with one attached hydrogen (secondary N) is 1. The maximum atomic E-state index is 13.1. The van der Waals surface area contributed by atoms with Crippen LogP contribution >= 0.6 is 22.7 Å². The Labute approximate surface area is 187 Å². The predicted octanol–water partition coefficient (Wildman–Crippen LogP) is 4.02. The van der Waals surface area contributed by atoms with E-state index in [4.69, 9.17) is 0 Å². The van der Waals surface area contributed by atoms with Gasteiger partial charge in [-0.15, -0.1) is 22.7 Å². The Hall–Kier alpha value is -3.43. The van der Waals surface area contributed by atoms with Crippen LogP contribution < -0.4 is 5.32 Å². The van der Waals surface area contributed by atoms with Gasteiger partial charge in [-0.1, -0.05) is 12.1 Å². The van der Waals surface area contributed by atoms with Crippen LogP contribution in [0.15, 0.2) is 71.9 Å². The lowest BCUT2D eigenvalue weighted by molar-refractivity contribution is -0.131. The first kappa shape index (κ1) is 20.8. The molecule has 0 saturated heterocycles. The first-order valence-corrected chi connectivity index (χ1v) is 11.3. The van der Waals surface area contributed by atoms with Crippen LogP contribution in [0.1, 0.15) is 26.5 Å². The first-order valence-electron chi connectivity index (χ1n) is 9.52. The monoisotopic (exact) mass is 449 g/mol. The van der Waals surface area contributed by atoms with Crippen molar-refractivity contribution >= 4 is 39.6 Å². The molecule has 4 aromatic rings. The summed E-state index contributed by atoms with van der Waals surface area (Å²) in [6, 6.07) is 11.2. The van der Waals surface area contributed by atoms with Crippen LogP contribution in [0.2, 0.25) is 0 Å². The van der Waals surface area contributed by atoms with E-state index in [9.17, 15) is 9.59 Å². The zero-order chi connectivity index (χ0) is 21.5. The molecular weight excluding hydrogens is 430 g/mol. The Kier molecular flexibility index (Phi) is 6.75. The van der Waals surface area contributed by atoms with Crippen LogP contribution in [-0.2, 0) is 24.3 Å². The lowest BCUT2D eigenvalue weighted by Crippen LogP contribution is -2.31. The molecule has 0 aliphatic carbocycles. The molecule has 156 valence electrons. The minimum Gasteiger partial charge on any atom is -0.334 e. The minimum atomic E-state index is -0.196. The Morgan fingerprint density at radius 3 is 2.52 bits per heavy atom. The first-order chi connectivity index (χ1) is 15.2. The molecule has 0 atom stereocenters. The summed E-state index contributed by atoms with van der Waals surface area (Å²) in [7, 11) is 0. The number of nitrogens with zero attached hydrogens (tertiary/aromatic N) is 4. The van der Waals surface area contributed by atoms with E-state index in [-0.39, 0.29) is 18.2 Å². The fraction of sp³-hybridized carbons (Fsp3) is 0.136. The quantitative estimate of drug-likeness (QED) is 0.439. The molecule has 4 aromatic heterocycles. The number of thiophene rings is 1. The third-order valence-corrected chi connectivity index (χ3v) is 6.10. The summed E-state index contributed by atoms with van der Waals surface area (Å²) >= 11 is 2.68. The summed E-state index contributed by atoms with van der Waals surface area (Å²) in [5, 5.41) is 6.92. The molecule has 0 aliphatic rings. The summed E-state index contributed by atoms with van der Waals surface area (Å²) in [6.45, 7) is 0.906. The van der Waals surface area contributed by atoms with Crippen molar-refractivity contribution in [2.45, 2.75) is 19.5 Å². The third kappa shape index (κ3) is 5.80. The molecular formula is C22H19N5O2S2. The molecule has 4 rings (SSSR count). The molecule has 0 saturated carbocycles. The van der Waals surface area contributed by atoms with Crippen LogP contribution in [0.3, 0.4) is 0 Å². The van der Waals surface area contributed by atoms with E-state index in [0.29, 0.717) is 28.8 Å². The van der Waals surface area contributed by atoms with Gasteiger partial charge in [-0.25, -0.2) is 4.98 Å². The normalized spacial score (nSPS) is 10.6. The Bertz CT molecular complexity index is 1090. The topological polar surface area (TPSA) is 88.1 Å². The number of rotatable bonds is 8. The lowest BCUT2D eigenvalue weighted by Gasteiger charge is -2.22. The van der Waals surface area contributed by atoms with Crippen molar-refractivity contribution < 1.29 is 9.59 Å². The predicted molar refractivity (Wildman–Crippen MR) is 121 cm³/mol. The number of aromatic nitrogens is 3. The molecule has 0 aromatic carbocycles. The van der Waals surface area contributed by atoms with E-state index in [0.717, 1.165) is 11.1 Å². The van der Waals surface area contributed by atoms with E-state index in [2.05, 4.69) is 20.3 Å². The second-order valence-corrected chi connectivity index (χ2v) is 8.52. The summed E-state index contributed by atoms with van der Waals surface area (Å²) in [4.78, 5) is 40.3. The fourth-order valence-corrected chi connectivity index (χ4v) is 4.26. The number of amides is 2. The summed E-state index contributed by atoms with van der Waals surface area (Å²) in [6.07, 6.45) is 7.04. The summed E-state index contributed by atoms with van der Waals surface area (Å²) in [5.74, 6) is -0.250. The number of carbonyl (C=O) groups is 2. The van der Waals surface area contributed by atoms with Gasteiger partial charge < -0.3 is 4.90 Å². The van der Waals surface area contributed by atoms with Crippen LogP contribution in [0, 0.1) is 0 Å². The average molecular weight is 450 g/mol. The van der Waals surface area contributed by atoms with Crippen LogP contribution in [0.25, 0.3) is 0 Å². The number of anilines is 1. The van der Waals surface area contributed by atoms with Gasteiger partial charge in [0.15, 0.2) is 5.13 Å². The Morgan fingerprint density at radius 2 is 1.77 bits per heavy atom.